The topological polar surface area (TPSA) is 178 Å². The van der Waals surface area contributed by atoms with Crippen LogP contribution in [0.15, 0.2) is 138 Å². The van der Waals surface area contributed by atoms with Crippen LogP contribution in [0.2, 0.25) is 0 Å². The van der Waals surface area contributed by atoms with Gasteiger partial charge >= 0.3 is 0 Å². The first-order chi connectivity index (χ1) is 27.3. The van der Waals surface area contributed by atoms with Crippen LogP contribution in [0.1, 0.15) is 0 Å². The number of aromatic hydroxyl groups is 6. The molecule has 0 fully saturated rings. The zero-order valence-corrected chi connectivity index (χ0v) is 29.1. The van der Waals surface area contributed by atoms with E-state index in [2.05, 4.69) is 15.0 Å². The molecular formula is C45H28N4O7. The third kappa shape index (κ3) is 4.67. The maximum absolute atomic E-state index is 12.1. The van der Waals surface area contributed by atoms with E-state index >= 15 is 0 Å². The summed E-state index contributed by atoms with van der Waals surface area (Å²) in [6.45, 7) is 0. The fourth-order valence-corrected chi connectivity index (χ4v) is 7.59. The summed E-state index contributed by atoms with van der Waals surface area (Å²) in [5.41, 5.74) is 2.88. The smallest absolute Gasteiger partial charge is 0.202 e. The van der Waals surface area contributed by atoms with Crippen LogP contribution in [0.3, 0.4) is 0 Å². The Labute approximate surface area is 316 Å². The highest BCUT2D eigenvalue weighted by molar-refractivity contribution is 6.20. The van der Waals surface area contributed by atoms with Crippen LogP contribution in [0.5, 0.6) is 34.5 Å². The first-order valence-electron chi connectivity index (χ1n) is 17.6. The van der Waals surface area contributed by atoms with Gasteiger partial charge < -0.3 is 39.6 Å². The van der Waals surface area contributed by atoms with E-state index in [0.717, 1.165) is 21.9 Å². The molecule has 6 N–H and O–H groups in total. The number of hydrogen-bond acceptors (Lipinski definition) is 10. The highest BCUT2D eigenvalue weighted by atomic mass is 16.4. The average molecular weight is 737 g/mol. The SMILES string of the molecule is Oc1c(-c2nc(-c3ccccc3)nc(-c3ccccc3)n2)c(O)c2c(oc3c(O)c(-n4c5ccccc5c5c(-c6ccccc6)cccc54)c(O)c(O)c32)c1O. The lowest BCUT2D eigenvalue weighted by Crippen LogP contribution is -2.00. The average Bonchev–Trinajstić information content (AvgIpc) is 3.81. The first kappa shape index (κ1) is 32.6. The summed E-state index contributed by atoms with van der Waals surface area (Å²) in [5.74, 6) is -4.19. The van der Waals surface area contributed by atoms with Gasteiger partial charge in [-0.15, -0.1) is 0 Å². The van der Waals surface area contributed by atoms with E-state index in [4.69, 9.17) is 4.42 Å². The Morgan fingerprint density at radius 1 is 0.393 bits per heavy atom. The molecule has 0 aliphatic heterocycles. The van der Waals surface area contributed by atoms with E-state index in [0.29, 0.717) is 22.2 Å². The van der Waals surface area contributed by atoms with Gasteiger partial charge in [0.2, 0.25) is 5.75 Å². The van der Waals surface area contributed by atoms with Crippen molar-refractivity contribution < 1.29 is 35.1 Å². The van der Waals surface area contributed by atoms with Crippen LogP contribution in [-0.4, -0.2) is 50.2 Å². The zero-order valence-electron chi connectivity index (χ0n) is 29.1. The van der Waals surface area contributed by atoms with Crippen molar-refractivity contribution in [3.8, 4) is 85.5 Å². The number of furan rings is 1. The second-order valence-electron chi connectivity index (χ2n) is 13.3. The molecule has 3 aromatic heterocycles. The Balaban J connectivity index is 1.25. The summed E-state index contributed by atoms with van der Waals surface area (Å²) >= 11 is 0. The monoisotopic (exact) mass is 736 g/mol. The van der Waals surface area contributed by atoms with Gasteiger partial charge in [-0.05, 0) is 23.3 Å². The van der Waals surface area contributed by atoms with Crippen LogP contribution in [0.25, 0.3) is 94.7 Å². The molecule has 7 aromatic carbocycles. The van der Waals surface area contributed by atoms with E-state index in [-0.39, 0.29) is 39.5 Å². The molecule has 3 heterocycles. The Morgan fingerprint density at radius 2 is 0.911 bits per heavy atom. The number of para-hydroxylation sites is 1. The van der Waals surface area contributed by atoms with Gasteiger partial charge in [-0.2, -0.15) is 0 Å². The predicted octanol–water partition coefficient (Wildman–Crippen LogP) is 9.77. The summed E-state index contributed by atoms with van der Waals surface area (Å²) in [6, 6.07) is 41.0. The van der Waals surface area contributed by atoms with Crippen molar-refractivity contribution in [2.75, 3.05) is 0 Å². The summed E-state index contributed by atoms with van der Waals surface area (Å²) in [7, 11) is 0. The van der Waals surface area contributed by atoms with Crippen molar-refractivity contribution in [1.82, 2.24) is 19.5 Å². The number of nitrogens with zero attached hydrogens (tertiary/aromatic N) is 4. The summed E-state index contributed by atoms with van der Waals surface area (Å²) in [5, 5.41) is 71.7. The number of phenols is 6. The minimum atomic E-state index is -0.823. The van der Waals surface area contributed by atoms with Crippen molar-refractivity contribution in [1.29, 1.82) is 0 Å². The predicted molar refractivity (Wildman–Crippen MR) is 213 cm³/mol. The minimum Gasteiger partial charge on any atom is -0.506 e. The van der Waals surface area contributed by atoms with E-state index in [1.165, 1.54) is 0 Å². The molecule has 0 bridgehead atoms. The molecule has 270 valence electrons. The summed E-state index contributed by atoms with van der Waals surface area (Å²) in [4.78, 5) is 13.8. The van der Waals surface area contributed by atoms with Crippen molar-refractivity contribution >= 4 is 43.7 Å². The lowest BCUT2D eigenvalue weighted by atomic mass is 9.99. The second-order valence-corrected chi connectivity index (χ2v) is 13.3. The standard InChI is InChI=1S/C45H28N4O7/c50-35-31-32-36(51)38(53)34(49-28-21-11-10-19-27(28)30-26(20-12-22-29(30)49)23-13-4-1-5-14-23)39(54)41(32)56-42(31)40(55)37(52)33(35)45-47-43(24-15-6-2-7-16-24)46-44(48-45)25-17-8-3-9-18-25/h1-22,50-55H. The Morgan fingerprint density at radius 3 is 1.55 bits per heavy atom. The first-order valence-corrected chi connectivity index (χ1v) is 17.6. The van der Waals surface area contributed by atoms with Crippen LogP contribution in [0, 0.1) is 0 Å². The fourth-order valence-electron chi connectivity index (χ4n) is 7.59. The molecule has 10 rings (SSSR count). The van der Waals surface area contributed by atoms with E-state index in [9.17, 15) is 30.6 Å². The van der Waals surface area contributed by atoms with Crippen molar-refractivity contribution in [2.24, 2.45) is 0 Å². The molecule has 0 unspecified atom stereocenters. The molecule has 56 heavy (non-hydrogen) atoms. The number of hydrogen-bond donors (Lipinski definition) is 6. The molecule has 0 amide bonds. The van der Waals surface area contributed by atoms with Crippen molar-refractivity contribution in [2.45, 2.75) is 0 Å². The molecule has 11 nitrogen and oxygen atoms in total. The maximum Gasteiger partial charge on any atom is 0.202 e. The van der Waals surface area contributed by atoms with Gasteiger partial charge in [-0.25, -0.2) is 15.0 Å². The number of fused-ring (bicyclic) bond motifs is 6. The molecule has 0 saturated carbocycles. The van der Waals surface area contributed by atoms with Gasteiger partial charge in [0.15, 0.2) is 51.6 Å². The summed E-state index contributed by atoms with van der Waals surface area (Å²) < 4.78 is 7.61. The lowest BCUT2D eigenvalue weighted by Gasteiger charge is -2.14. The Kier molecular flexibility index (Phi) is 7.13. The largest absolute Gasteiger partial charge is 0.506 e. The normalized spacial score (nSPS) is 11.6. The molecular weight excluding hydrogens is 709 g/mol. The number of aromatic nitrogens is 4. The van der Waals surface area contributed by atoms with Gasteiger partial charge in [-0.3, -0.25) is 0 Å². The number of phenolic OH excluding ortho intramolecular Hbond substituents is 6. The van der Waals surface area contributed by atoms with E-state index in [1.54, 1.807) is 28.8 Å². The molecule has 11 heteroatoms. The quantitative estimate of drug-likeness (QED) is 0.0736. The zero-order chi connectivity index (χ0) is 38.2. The number of benzene rings is 7. The fraction of sp³-hybridized carbons (Fsp3) is 0. The lowest BCUT2D eigenvalue weighted by molar-refractivity contribution is 0.395. The molecule has 0 saturated heterocycles. The Hall–Kier alpha value is -8.05. The highest BCUT2D eigenvalue weighted by Crippen LogP contribution is 2.58. The van der Waals surface area contributed by atoms with E-state index in [1.807, 2.05) is 109 Å². The van der Waals surface area contributed by atoms with Crippen molar-refractivity contribution in [3.63, 3.8) is 0 Å². The molecule has 0 aliphatic carbocycles. The molecule has 10 aromatic rings. The minimum absolute atomic E-state index is 0.202. The molecule has 0 radical (unpaired) electrons. The maximum atomic E-state index is 12.1. The Bertz CT molecular complexity index is 3140. The highest BCUT2D eigenvalue weighted by Gasteiger charge is 2.33. The van der Waals surface area contributed by atoms with Crippen molar-refractivity contribution in [3.05, 3.63) is 133 Å². The van der Waals surface area contributed by atoms with Crippen LogP contribution in [-0.2, 0) is 0 Å². The van der Waals surface area contributed by atoms with Crippen LogP contribution < -0.4 is 0 Å². The van der Waals surface area contributed by atoms with Crippen LogP contribution >= 0.6 is 0 Å². The summed E-state index contributed by atoms with van der Waals surface area (Å²) in [6.07, 6.45) is 0. The second kappa shape index (κ2) is 12.3. The van der Waals surface area contributed by atoms with Gasteiger partial charge in [-0.1, -0.05) is 121 Å². The molecule has 0 atom stereocenters. The molecule has 0 spiro atoms. The van der Waals surface area contributed by atoms with Gasteiger partial charge in [0.1, 0.15) is 17.0 Å². The van der Waals surface area contributed by atoms with Gasteiger partial charge in [0, 0.05) is 21.9 Å². The third-order valence-electron chi connectivity index (χ3n) is 10.1. The van der Waals surface area contributed by atoms with Crippen LogP contribution in [0.4, 0.5) is 0 Å². The molecule has 0 aliphatic rings. The number of rotatable bonds is 5. The van der Waals surface area contributed by atoms with Gasteiger partial charge in [0.25, 0.3) is 0 Å². The van der Waals surface area contributed by atoms with E-state index < -0.39 is 45.6 Å². The third-order valence-corrected chi connectivity index (χ3v) is 10.1. The van der Waals surface area contributed by atoms with Gasteiger partial charge in [0.05, 0.1) is 21.8 Å².